The highest BCUT2D eigenvalue weighted by atomic mass is 16.3. The molecular formula is C13H14N2O. The summed E-state index contributed by atoms with van der Waals surface area (Å²) in [6, 6.07) is 7.71. The monoisotopic (exact) mass is 214 g/mol. The van der Waals surface area contributed by atoms with E-state index in [0.29, 0.717) is 0 Å². The molecule has 0 saturated heterocycles. The highest BCUT2D eigenvalue weighted by Gasteiger charge is 2.09. The van der Waals surface area contributed by atoms with Gasteiger partial charge in [0.2, 0.25) is 0 Å². The number of benzene rings is 1. The molecule has 0 fully saturated rings. The lowest BCUT2D eigenvalue weighted by Gasteiger charge is -2.09. The average molecular weight is 214 g/mol. The zero-order chi connectivity index (χ0) is 11.5. The molecule has 1 heterocycles. The second-order valence-corrected chi connectivity index (χ2v) is 3.82. The summed E-state index contributed by atoms with van der Waals surface area (Å²) in [5.41, 5.74) is 4.91. The molecule has 1 aromatic carbocycles. The number of aliphatic hydroxyl groups excluding tert-OH is 1. The third-order valence-corrected chi connectivity index (χ3v) is 2.80. The van der Waals surface area contributed by atoms with E-state index in [-0.39, 0.29) is 6.61 Å². The number of hydrogen-bond acceptors (Lipinski definition) is 3. The van der Waals surface area contributed by atoms with Crippen LogP contribution in [-0.4, -0.2) is 15.3 Å². The molecule has 0 aliphatic carbocycles. The Balaban J connectivity index is 2.63. The fourth-order valence-electron chi connectivity index (χ4n) is 1.68. The largest absolute Gasteiger partial charge is 0.392 e. The van der Waals surface area contributed by atoms with Crippen LogP contribution in [0, 0.1) is 13.8 Å². The van der Waals surface area contributed by atoms with Crippen molar-refractivity contribution >= 4 is 0 Å². The van der Waals surface area contributed by atoms with Crippen molar-refractivity contribution in [2.45, 2.75) is 20.5 Å². The van der Waals surface area contributed by atoms with Gasteiger partial charge in [0.05, 0.1) is 18.5 Å². The van der Waals surface area contributed by atoms with E-state index >= 15 is 0 Å². The Morgan fingerprint density at radius 2 is 1.94 bits per heavy atom. The molecule has 0 unspecified atom stereocenters. The van der Waals surface area contributed by atoms with Crippen molar-refractivity contribution in [3.63, 3.8) is 0 Å². The van der Waals surface area contributed by atoms with Gasteiger partial charge in [-0.1, -0.05) is 24.3 Å². The molecule has 0 atom stereocenters. The van der Waals surface area contributed by atoms with Crippen LogP contribution in [0.2, 0.25) is 0 Å². The highest BCUT2D eigenvalue weighted by Crippen LogP contribution is 2.25. The molecule has 0 spiro atoms. The second-order valence-electron chi connectivity index (χ2n) is 3.82. The van der Waals surface area contributed by atoms with Crippen molar-refractivity contribution in [2.24, 2.45) is 0 Å². The Bertz CT molecular complexity index is 509. The quantitative estimate of drug-likeness (QED) is 0.834. The lowest BCUT2D eigenvalue weighted by molar-refractivity contribution is 0.282. The number of rotatable bonds is 2. The van der Waals surface area contributed by atoms with Crippen LogP contribution < -0.4 is 0 Å². The summed E-state index contributed by atoms with van der Waals surface area (Å²) in [4.78, 5) is 0. The van der Waals surface area contributed by atoms with Crippen molar-refractivity contribution in [1.82, 2.24) is 10.2 Å². The average Bonchev–Trinajstić information content (AvgIpc) is 2.33. The Kier molecular flexibility index (Phi) is 2.97. The van der Waals surface area contributed by atoms with Crippen molar-refractivity contribution in [1.29, 1.82) is 0 Å². The van der Waals surface area contributed by atoms with Gasteiger partial charge in [-0.15, -0.1) is 0 Å². The van der Waals surface area contributed by atoms with E-state index in [2.05, 4.69) is 10.2 Å². The summed E-state index contributed by atoms with van der Waals surface area (Å²) in [6.45, 7) is 4.05. The molecule has 0 aliphatic rings. The minimum Gasteiger partial charge on any atom is -0.392 e. The molecule has 2 aromatic rings. The minimum absolute atomic E-state index is 0.0191. The molecular weight excluding hydrogens is 200 g/mol. The third kappa shape index (κ3) is 1.82. The van der Waals surface area contributed by atoms with Crippen LogP contribution in [0.15, 0.2) is 30.5 Å². The van der Waals surface area contributed by atoms with E-state index in [4.69, 9.17) is 0 Å². The molecule has 82 valence electrons. The summed E-state index contributed by atoms with van der Waals surface area (Å²) in [5.74, 6) is 0. The number of aryl methyl sites for hydroxylation is 1. The van der Waals surface area contributed by atoms with Gasteiger partial charge in [-0.2, -0.15) is 10.2 Å². The fourth-order valence-corrected chi connectivity index (χ4v) is 1.68. The van der Waals surface area contributed by atoms with E-state index in [1.807, 2.05) is 38.1 Å². The second kappa shape index (κ2) is 4.41. The Labute approximate surface area is 94.8 Å². The molecule has 3 heteroatoms. The SMILES string of the molecule is Cc1cnnc(-c2ccccc2CO)c1C. The smallest absolute Gasteiger partial charge is 0.0965 e. The molecule has 1 N–H and O–H groups in total. The number of hydrogen-bond donors (Lipinski definition) is 1. The maximum absolute atomic E-state index is 9.29. The van der Waals surface area contributed by atoms with Crippen LogP contribution in [0.25, 0.3) is 11.3 Å². The molecule has 0 aliphatic heterocycles. The summed E-state index contributed by atoms with van der Waals surface area (Å²) in [5, 5.41) is 17.4. The predicted octanol–water partition coefficient (Wildman–Crippen LogP) is 2.25. The van der Waals surface area contributed by atoms with Gasteiger partial charge in [0.15, 0.2) is 0 Å². The first-order valence-corrected chi connectivity index (χ1v) is 5.22. The first-order valence-electron chi connectivity index (χ1n) is 5.22. The van der Waals surface area contributed by atoms with Crippen molar-refractivity contribution < 1.29 is 5.11 Å². The van der Waals surface area contributed by atoms with Crippen LogP contribution in [0.5, 0.6) is 0 Å². The first-order chi connectivity index (χ1) is 7.74. The Hall–Kier alpha value is -1.74. The highest BCUT2D eigenvalue weighted by molar-refractivity contribution is 5.67. The van der Waals surface area contributed by atoms with Crippen LogP contribution in [0.1, 0.15) is 16.7 Å². The van der Waals surface area contributed by atoms with E-state index in [1.165, 1.54) is 0 Å². The van der Waals surface area contributed by atoms with Crippen molar-refractivity contribution in [3.8, 4) is 11.3 Å². The zero-order valence-corrected chi connectivity index (χ0v) is 9.44. The van der Waals surface area contributed by atoms with Gasteiger partial charge in [-0.25, -0.2) is 0 Å². The number of nitrogens with zero attached hydrogens (tertiary/aromatic N) is 2. The minimum atomic E-state index is 0.0191. The first kappa shape index (κ1) is 10.8. The van der Waals surface area contributed by atoms with E-state index < -0.39 is 0 Å². The summed E-state index contributed by atoms with van der Waals surface area (Å²) in [7, 11) is 0. The molecule has 0 saturated carbocycles. The normalized spacial score (nSPS) is 10.4. The van der Waals surface area contributed by atoms with Crippen LogP contribution in [-0.2, 0) is 6.61 Å². The molecule has 0 amide bonds. The lowest BCUT2D eigenvalue weighted by Crippen LogP contribution is -1.97. The maximum atomic E-state index is 9.29. The van der Waals surface area contributed by atoms with Crippen LogP contribution in [0.4, 0.5) is 0 Å². The van der Waals surface area contributed by atoms with Gasteiger partial charge in [-0.3, -0.25) is 0 Å². The zero-order valence-electron chi connectivity index (χ0n) is 9.44. The van der Waals surface area contributed by atoms with E-state index in [0.717, 1.165) is 27.9 Å². The van der Waals surface area contributed by atoms with Gasteiger partial charge in [0, 0.05) is 5.56 Å². The standard InChI is InChI=1S/C13H14N2O/c1-9-7-14-15-13(10(9)2)12-6-4-3-5-11(12)8-16/h3-7,16H,8H2,1-2H3. The molecule has 16 heavy (non-hydrogen) atoms. The molecule has 0 bridgehead atoms. The fraction of sp³-hybridized carbons (Fsp3) is 0.231. The van der Waals surface area contributed by atoms with Gasteiger partial charge < -0.3 is 5.11 Å². The van der Waals surface area contributed by atoms with Crippen molar-refractivity contribution in [3.05, 3.63) is 47.2 Å². The molecule has 2 rings (SSSR count). The summed E-state index contributed by atoms with van der Waals surface area (Å²) >= 11 is 0. The number of aliphatic hydroxyl groups is 1. The van der Waals surface area contributed by atoms with Crippen LogP contribution in [0.3, 0.4) is 0 Å². The molecule has 3 nitrogen and oxygen atoms in total. The van der Waals surface area contributed by atoms with E-state index in [1.54, 1.807) is 6.20 Å². The van der Waals surface area contributed by atoms with Gasteiger partial charge >= 0.3 is 0 Å². The topological polar surface area (TPSA) is 46.0 Å². The Morgan fingerprint density at radius 1 is 1.19 bits per heavy atom. The van der Waals surface area contributed by atoms with Gasteiger partial charge in [0.1, 0.15) is 0 Å². The lowest BCUT2D eigenvalue weighted by atomic mass is 10.00. The van der Waals surface area contributed by atoms with Gasteiger partial charge in [0.25, 0.3) is 0 Å². The van der Waals surface area contributed by atoms with Crippen molar-refractivity contribution in [2.75, 3.05) is 0 Å². The van der Waals surface area contributed by atoms with Crippen LogP contribution >= 0.6 is 0 Å². The summed E-state index contributed by atoms with van der Waals surface area (Å²) in [6.07, 6.45) is 1.75. The predicted molar refractivity (Wildman–Crippen MR) is 62.9 cm³/mol. The third-order valence-electron chi connectivity index (χ3n) is 2.80. The molecule has 1 aromatic heterocycles. The number of aromatic nitrogens is 2. The van der Waals surface area contributed by atoms with E-state index in [9.17, 15) is 5.11 Å². The summed E-state index contributed by atoms with van der Waals surface area (Å²) < 4.78 is 0. The molecule has 0 radical (unpaired) electrons. The maximum Gasteiger partial charge on any atom is 0.0965 e. The van der Waals surface area contributed by atoms with Gasteiger partial charge in [-0.05, 0) is 30.5 Å². The Morgan fingerprint density at radius 3 is 2.69 bits per heavy atom.